The molecule has 2 aliphatic rings. The number of piperidine rings is 1. The Morgan fingerprint density at radius 2 is 1.51 bits per heavy atom. The zero-order valence-corrected chi connectivity index (χ0v) is 22.7. The SMILES string of the molecule is O=C(N[C@@H](CCCCC[C@H]1C[C@@H]1c1ccc(F)cc1)C(=O)N1CCCCC1)c1ccc(-c2ccccc2)cc1. The molecule has 1 N–H and O–H groups in total. The fourth-order valence-corrected chi connectivity index (χ4v) is 5.89. The molecular weight excluding hydrogens is 487 g/mol. The van der Waals surface area contributed by atoms with E-state index in [0.717, 1.165) is 69.2 Å². The van der Waals surface area contributed by atoms with Crippen LogP contribution < -0.4 is 5.32 Å². The van der Waals surface area contributed by atoms with E-state index in [1.807, 2.05) is 59.5 Å². The molecule has 5 heteroatoms. The molecule has 1 aliphatic heterocycles. The number of amides is 2. The number of halogens is 1. The molecule has 1 saturated carbocycles. The first-order valence-corrected chi connectivity index (χ1v) is 14.6. The molecule has 3 atom stereocenters. The van der Waals surface area contributed by atoms with Crippen LogP contribution in [0, 0.1) is 11.7 Å². The largest absolute Gasteiger partial charge is 0.341 e. The van der Waals surface area contributed by atoms with E-state index < -0.39 is 6.04 Å². The lowest BCUT2D eigenvalue weighted by atomic mass is 10.0. The Balaban J connectivity index is 1.13. The van der Waals surface area contributed by atoms with Gasteiger partial charge >= 0.3 is 0 Å². The van der Waals surface area contributed by atoms with Gasteiger partial charge in [-0.1, -0.05) is 73.9 Å². The lowest BCUT2D eigenvalue weighted by molar-refractivity contribution is -0.134. The van der Waals surface area contributed by atoms with Crippen LogP contribution in [-0.2, 0) is 4.79 Å². The Morgan fingerprint density at radius 3 is 2.23 bits per heavy atom. The minimum absolute atomic E-state index is 0.0579. The first-order chi connectivity index (χ1) is 19.1. The van der Waals surface area contributed by atoms with E-state index in [1.165, 1.54) is 12.0 Å². The van der Waals surface area contributed by atoms with E-state index in [1.54, 1.807) is 12.1 Å². The highest BCUT2D eigenvalue weighted by Crippen LogP contribution is 2.50. The maximum atomic E-state index is 13.4. The van der Waals surface area contributed by atoms with Gasteiger partial charge in [0.2, 0.25) is 5.91 Å². The van der Waals surface area contributed by atoms with Crippen LogP contribution in [0.2, 0.25) is 0 Å². The fraction of sp³-hybridized carbons (Fsp3) is 0.412. The molecule has 0 bridgehead atoms. The third-order valence-electron chi connectivity index (χ3n) is 8.31. The van der Waals surface area contributed by atoms with Gasteiger partial charge in [0.15, 0.2) is 0 Å². The summed E-state index contributed by atoms with van der Waals surface area (Å²) in [7, 11) is 0. The molecule has 204 valence electrons. The third kappa shape index (κ3) is 7.35. The summed E-state index contributed by atoms with van der Waals surface area (Å²) in [5, 5.41) is 3.07. The molecule has 0 aromatic heterocycles. The van der Waals surface area contributed by atoms with Crippen molar-refractivity contribution >= 4 is 11.8 Å². The summed E-state index contributed by atoms with van der Waals surface area (Å²) in [5.41, 5.74) is 3.99. The van der Waals surface area contributed by atoms with Crippen LogP contribution in [-0.4, -0.2) is 35.8 Å². The average Bonchev–Trinajstić information content (AvgIpc) is 3.77. The molecule has 3 aromatic carbocycles. The smallest absolute Gasteiger partial charge is 0.251 e. The standard InChI is InChI=1S/C34H39FN2O2/c35-30-20-18-27(19-21-30)31-24-29(31)12-6-2-7-13-32(34(39)37-22-8-3-9-23-37)36-33(38)28-16-14-26(15-17-28)25-10-4-1-5-11-25/h1,4-5,10-11,14-21,29,31-32H,2-3,6-9,12-13,22-24H2,(H,36,38)/t29-,31+,32-/m0/s1. The minimum Gasteiger partial charge on any atom is -0.341 e. The summed E-state index contributed by atoms with van der Waals surface area (Å²) in [5.74, 6) is 0.930. The molecule has 39 heavy (non-hydrogen) atoms. The second-order valence-corrected chi connectivity index (χ2v) is 11.1. The van der Waals surface area contributed by atoms with Crippen molar-refractivity contribution in [3.63, 3.8) is 0 Å². The molecule has 1 aliphatic carbocycles. The van der Waals surface area contributed by atoms with E-state index in [0.29, 0.717) is 23.8 Å². The number of hydrogen-bond donors (Lipinski definition) is 1. The monoisotopic (exact) mass is 526 g/mol. The maximum Gasteiger partial charge on any atom is 0.251 e. The third-order valence-corrected chi connectivity index (χ3v) is 8.31. The number of likely N-dealkylation sites (tertiary alicyclic amines) is 1. The van der Waals surface area contributed by atoms with E-state index in [-0.39, 0.29) is 17.6 Å². The number of carbonyl (C=O) groups excluding carboxylic acids is 2. The van der Waals surface area contributed by atoms with Crippen LogP contribution in [0.15, 0.2) is 78.9 Å². The van der Waals surface area contributed by atoms with Crippen molar-refractivity contribution in [3.05, 3.63) is 95.8 Å². The van der Waals surface area contributed by atoms with Gasteiger partial charge in [0.25, 0.3) is 5.91 Å². The van der Waals surface area contributed by atoms with Gasteiger partial charge in [0.1, 0.15) is 11.9 Å². The van der Waals surface area contributed by atoms with Gasteiger partial charge in [-0.25, -0.2) is 4.39 Å². The van der Waals surface area contributed by atoms with Gasteiger partial charge in [-0.15, -0.1) is 0 Å². The summed E-state index contributed by atoms with van der Waals surface area (Å²) >= 11 is 0. The van der Waals surface area contributed by atoms with Crippen molar-refractivity contribution in [2.45, 2.75) is 69.7 Å². The van der Waals surface area contributed by atoms with Crippen LogP contribution in [0.3, 0.4) is 0 Å². The molecule has 5 rings (SSSR count). The van der Waals surface area contributed by atoms with E-state index >= 15 is 0 Å². The van der Waals surface area contributed by atoms with Crippen molar-refractivity contribution in [1.82, 2.24) is 10.2 Å². The highest BCUT2D eigenvalue weighted by molar-refractivity contribution is 5.98. The van der Waals surface area contributed by atoms with Gasteiger partial charge in [0, 0.05) is 18.7 Å². The van der Waals surface area contributed by atoms with Gasteiger partial charge in [-0.05, 0) is 91.3 Å². The molecule has 3 aromatic rings. The molecule has 0 radical (unpaired) electrons. The summed E-state index contributed by atoms with van der Waals surface area (Å²) in [6.45, 7) is 1.56. The predicted molar refractivity (Wildman–Crippen MR) is 154 cm³/mol. The number of benzene rings is 3. The Bertz CT molecular complexity index is 1220. The highest BCUT2D eigenvalue weighted by Gasteiger charge is 2.37. The molecule has 2 fully saturated rings. The highest BCUT2D eigenvalue weighted by atomic mass is 19.1. The second-order valence-electron chi connectivity index (χ2n) is 11.1. The number of carbonyl (C=O) groups is 2. The summed E-state index contributed by atoms with van der Waals surface area (Å²) in [6.07, 6.45) is 9.29. The molecular formula is C34H39FN2O2. The summed E-state index contributed by atoms with van der Waals surface area (Å²) in [6, 6.07) is 24.1. The van der Waals surface area contributed by atoms with Crippen molar-refractivity contribution in [1.29, 1.82) is 0 Å². The van der Waals surface area contributed by atoms with Crippen molar-refractivity contribution in [2.75, 3.05) is 13.1 Å². The second kappa shape index (κ2) is 13.1. The van der Waals surface area contributed by atoms with Gasteiger partial charge in [0.05, 0.1) is 0 Å². The quantitative estimate of drug-likeness (QED) is 0.265. The molecule has 0 unspecified atom stereocenters. The molecule has 4 nitrogen and oxygen atoms in total. The zero-order chi connectivity index (χ0) is 27.0. The Labute approximate surface area is 231 Å². The average molecular weight is 527 g/mol. The Hall–Kier alpha value is -3.47. The minimum atomic E-state index is -0.489. The lowest BCUT2D eigenvalue weighted by Crippen LogP contribution is -2.50. The number of nitrogens with one attached hydrogen (secondary N) is 1. The molecule has 1 saturated heterocycles. The normalized spacial score (nSPS) is 19.4. The topological polar surface area (TPSA) is 49.4 Å². The first-order valence-electron chi connectivity index (χ1n) is 14.6. The Morgan fingerprint density at radius 1 is 0.821 bits per heavy atom. The van der Waals surface area contributed by atoms with Crippen molar-refractivity contribution < 1.29 is 14.0 Å². The van der Waals surface area contributed by atoms with Crippen molar-refractivity contribution in [3.8, 4) is 11.1 Å². The van der Waals surface area contributed by atoms with Crippen LogP contribution in [0.4, 0.5) is 4.39 Å². The molecule has 1 heterocycles. The predicted octanol–water partition coefficient (Wildman–Crippen LogP) is 7.36. The molecule has 2 amide bonds. The number of rotatable bonds is 11. The van der Waals surface area contributed by atoms with E-state index in [2.05, 4.69) is 17.4 Å². The van der Waals surface area contributed by atoms with E-state index in [9.17, 15) is 14.0 Å². The number of nitrogens with zero attached hydrogens (tertiary/aromatic N) is 1. The van der Waals surface area contributed by atoms with Crippen LogP contribution in [0.1, 0.15) is 79.6 Å². The van der Waals surface area contributed by atoms with Crippen LogP contribution in [0.5, 0.6) is 0 Å². The number of unbranched alkanes of at least 4 members (excludes halogenated alkanes) is 2. The zero-order valence-electron chi connectivity index (χ0n) is 22.7. The maximum absolute atomic E-state index is 13.4. The summed E-state index contributed by atoms with van der Waals surface area (Å²) in [4.78, 5) is 28.5. The fourth-order valence-electron chi connectivity index (χ4n) is 5.89. The van der Waals surface area contributed by atoms with Gasteiger partial charge < -0.3 is 10.2 Å². The Kier molecular flexibility index (Phi) is 9.08. The summed E-state index contributed by atoms with van der Waals surface area (Å²) < 4.78 is 13.2. The van der Waals surface area contributed by atoms with Gasteiger partial charge in [-0.3, -0.25) is 9.59 Å². The molecule has 0 spiro atoms. The number of hydrogen-bond acceptors (Lipinski definition) is 2. The first kappa shape index (κ1) is 27.1. The van der Waals surface area contributed by atoms with E-state index in [4.69, 9.17) is 0 Å². The van der Waals surface area contributed by atoms with Crippen LogP contribution >= 0.6 is 0 Å². The van der Waals surface area contributed by atoms with Gasteiger partial charge in [-0.2, -0.15) is 0 Å². The van der Waals surface area contributed by atoms with Crippen LogP contribution in [0.25, 0.3) is 11.1 Å². The van der Waals surface area contributed by atoms with Crippen molar-refractivity contribution in [2.24, 2.45) is 5.92 Å². The lowest BCUT2D eigenvalue weighted by Gasteiger charge is -2.31.